The molecule has 0 aliphatic carbocycles. The van der Waals surface area contributed by atoms with Gasteiger partial charge in [-0.25, -0.2) is 4.39 Å². The molecule has 0 radical (unpaired) electrons. The van der Waals surface area contributed by atoms with Crippen molar-refractivity contribution in [2.45, 2.75) is 58.4 Å². The topological polar surface area (TPSA) is 121 Å². The van der Waals surface area contributed by atoms with Gasteiger partial charge in [0.1, 0.15) is 18.0 Å². The van der Waals surface area contributed by atoms with Gasteiger partial charge in [-0.1, -0.05) is 13.8 Å². The third-order valence-electron chi connectivity index (χ3n) is 5.75. The Morgan fingerprint density at radius 3 is 2.00 bits per heavy atom. The van der Waals surface area contributed by atoms with E-state index in [1.807, 2.05) is 13.8 Å². The van der Waals surface area contributed by atoms with Crippen LogP contribution in [0.25, 0.3) is 11.3 Å². The number of aldehydes is 1. The highest BCUT2D eigenvalue weighted by Crippen LogP contribution is 2.36. The van der Waals surface area contributed by atoms with Crippen molar-refractivity contribution in [2.75, 3.05) is 27.4 Å². The molecule has 3 rings (SSSR count). The molecule has 2 aromatic carbocycles. The van der Waals surface area contributed by atoms with Crippen LogP contribution in [0, 0.1) is 12.7 Å². The summed E-state index contributed by atoms with van der Waals surface area (Å²) in [5, 5.41) is 7.00. The largest absolute Gasteiger partial charge is 0.493 e. The summed E-state index contributed by atoms with van der Waals surface area (Å²) in [5.74, 6) is -2.25. The number of halogens is 7. The Kier molecular flexibility index (Phi) is 16.8. The zero-order valence-corrected chi connectivity index (χ0v) is 26.1. The van der Waals surface area contributed by atoms with Crippen LogP contribution in [0.5, 0.6) is 11.5 Å². The van der Waals surface area contributed by atoms with Gasteiger partial charge >= 0.3 is 12.4 Å². The summed E-state index contributed by atoms with van der Waals surface area (Å²) in [6, 6.07) is 11.2. The maximum absolute atomic E-state index is 13.5. The summed E-state index contributed by atoms with van der Waals surface area (Å²) in [4.78, 5) is 14.6. The fraction of sp³-hybridized carbons (Fsp3) is 0.419. The Bertz CT molecular complexity index is 1340. The van der Waals surface area contributed by atoms with Gasteiger partial charge in [0.05, 0.1) is 18.5 Å². The zero-order chi connectivity index (χ0) is 35.2. The summed E-state index contributed by atoms with van der Waals surface area (Å²) < 4.78 is 98.4. The lowest BCUT2D eigenvalue weighted by Gasteiger charge is -2.24. The van der Waals surface area contributed by atoms with E-state index in [0.717, 1.165) is 7.11 Å². The number of aliphatic hydroxyl groups is 1. The summed E-state index contributed by atoms with van der Waals surface area (Å²) in [6.45, 7) is 6.94. The van der Waals surface area contributed by atoms with Crippen LogP contribution in [-0.2, 0) is 5.54 Å². The Morgan fingerprint density at radius 1 is 0.956 bits per heavy atom. The number of benzene rings is 2. The van der Waals surface area contributed by atoms with Crippen LogP contribution in [0.15, 0.2) is 48.5 Å². The fourth-order valence-electron chi connectivity index (χ4n) is 3.51. The van der Waals surface area contributed by atoms with E-state index >= 15 is 0 Å². The molecular formula is C31H40F7N3O4. The summed E-state index contributed by atoms with van der Waals surface area (Å²) >= 11 is 0. The van der Waals surface area contributed by atoms with E-state index in [4.69, 9.17) is 21.3 Å². The van der Waals surface area contributed by atoms with Gasteiger partial charge in [-0.15, -0.1) is 0 Å². The molecule has 5 N–H and O–H groups in total. The number of alkyl halides is 6. The molecule has 252 valence electrons. The molecule has 0 aliphatic heterocycles. The Balaban J connectivity index is 0.000000835. The third-order valence-corrected chi connectivity index (χ3v) is 5.75. The number of aromatic nitrogens is 1. The molecule has 0 bridgehead atoms. The number of ether oxygens (including phenoxy) is 2. The second-order valence-electron chi connectivity index (χ2n) is 9.61. The standard InChI is InChI=1S/C18H21F4N3.C10H9F3O3.C2H6.CH4O/c1-10-6-11(4-5-14(10)19)15-7-12(17(2,3)24)8-16(25-15)13(9-23)18(20,21)22;1-15-9-4-7(5-14)2-3-8(9)16-6-10(11,12)13;2*1-2/h4-8,13H,9,23-24H2,1-3H3;2-5H,6H2,1H3;1-2H3;2H,1H3. The molecule has 0 fully saturated rings. The van der Waals surface area contributed by atoms with Crippen molar-refractivity contribution in [3.8, 4) is 22.8 Å². The van der Waals surface area contributed by atoms with Gasteiger partial charge in [-0.05, 0) is 80.4 Å². The van der Waals surface area contributed by atoms with Crippen LogP contribution >= 0.6 is 0 Å². The van der Waals surface area contributed by atoms with Crippen molar-refractivity contribution in [3.63, 3.8) is 0 Å². The summed E-state index contributed by atoms with van der Waals surface area (Å²) in [7, 11) is 2.28. The first-order chi connectivity index (χ1) is 20.9. The van der Waals surface area contributed by atoms with Crippen molar-refractivity contribution in [2.24, 2.45) is 11.5 Å². The molecule has 1 heterocycles. The molecule has 0 saturated heterocycles. The number of aryl methyl sites for hydroxylation is 1. The van der Waals surface area contributed by atoms with Gasteiger partial charge in [0.2, 0.25) is 0 Å². The Labute approximate surface area is 258 Å². The van der Waals surface area contributed by atoms with Crippen LogP contribution in [0.3, 0.4) is 0 Å². The lowest BCUT2D eigenvalue weighted by atomic mass is 9.91. The second kappa shape index (κ2) is 18.3. The fourth-order valence-corrected chi connectivity index (χ4v) is 3.51. The number of carbonyl (C=O) groups is 1. The monoisotopic (exact) mass is 651 g/mol. The first kappa shape index (κ1) is 41.2. The SMILES string of the molecule is CC.CO.COc1cc(C=O)ccc1OCC(F)(F)F.Cc1cc(-c2cc(C(C)(C)N)cc(C(CN)C(F)(F)F)n2)ccc1F. The summed E-state index contributed by atoms with van der Waals surface area (Å²) in [6.07, 6.45) is -8.36. The molecule has 0 aliphatic rings. The van der Waals surface area contributed by atoms with E-state index in [0.29, 0.717) is 34.2 Å². The number of methoxy groups -OCH3 is 1. The molecule has 1 aromatic heterocycles. The lowest BCUT2D eigenvalue weighted by molar-refractivity contribution is -0.153. The number of aliphatic hydroxyl groups excluding tert-OH is 1. The number of hydrogen-bond acceptors (Lipinski definition) is 7. The smallest absolute Gasteiger partial charge is 0.422 e. The van der Waals surface area contributed by atoms with E-state index in [2.05, 4.69) is 9.72 Å². The van der Waals surface area contributed by atoms with Crippen LogP contribution in [-0.4, -0.2) is 56.1 Å². The molecular weight excluding hydrogens is 611 g/mol. The van der Waals surface area contributed by atoms with Crippen molar-refractivity contribution in [1.29, 1.82) is 0 Å². The van der Waals surface area contributed by atoms with E-state index < -0.39 is 42.8 Å². The van der Waals surface area contributed by atoms with Crippen molar-refractivity contribution < 1.29 is 50.1 Å². The van der Waals surface area contributed by atoms with Crippen LogP contribution in [0.4, 0.5) is 30.7 Å². The van der Waals surface area contributed by atoms with Crippen molar-refractivity contribution in [1.82, 2.24) is 4.98 Å². The number of carbonyl (C=O) groups excluding carboxylic acids is 1. The number of pyridine rings is 1. The van der Waals surface area contributed by atoms with Gasteiger partial charge in [-0.2, -0.15) is 26.3 Å². The average molecular weight is 652 g/mol. The lowest BCUT2D eigenvalue weighted by Crippen LogP contribution is -2.32. The highest BCUT2D eigenvalue weighted by molar-refractivity contribution is 5.76. The minimum absolute atomic E-state index is 0.0505. The van der Waals surface area contributed by atoms with Crippen molar-refractivity contribution in [3.05, 3.63) is 76.7 Å². The van der Waals surface area contributed by atoms with Crippen LogP contribution < -0.4 is 20.9 Å². The number of nitrogens with two attached hydrogens (primary N) is 2. The molecule has 0 saturated carbocycles. The normalized spacial score (nSPS) is 11.8. The molecule has 14 heteroatoms. The molecule has 1 unspecified atom stereocenters. The van der Waals surface area contributed by atoms with E-state index in [1.54, 1.807) is 32.9 Å². The van der Waals surface area contributed by atoms with Gasteiger partial charge in [0.25, 0.3) is 0 Å². The second-order valence-corrected chi connectivity index (χ2v) is 9.61. The van der Waals surface area contributed by atoms with Crippen molar-refractivity contribution >= 4 is 6.29 Å². The molecule has 45 heavy (non-hydrogen) atoms. The van der Waals surface area contributed by atoms with Gasteiger partial charge in [0.15, 0.2) is 18.1 Å². The van der Waals surface area contributed by atoms with Gasteiger partial charge in [-0.3, -0.25) is 9.78 Å². The summed E-state index contributed by atoms with van der Waals surface area (Å²) in [5.41, 5.74) is 12.4. The van der Waals surface area contributed by atoms with Gasteiger partial charge < -0.3 is 26.0 Å². The first-order valence-corrected chi connectivity index (χ1v) is 13.5. The quantitative estimate of drug-likeness (QED) is 0.176. The number of rotatable bonds is 8. The zero-order valence-electron chi connectivity index (χ0n) is 26.1. The maximum atomic E-state index is 13.5. The number of hydrogen-bond donors (Lipinski definition) is 3. The molecule has 3 aromatic rings. The Morgan fingerprint density at radius 2 is 1.56 bits per heavy atom. The minimum atomic E-state index is -4.52. The van der Waals surface area contributed by atoms with Gasteiger partial charge in [0, 0.05) is 30.3 Å². The van der Waals surface area contributed by atoms with E-state index in [-0.39, 0.29) is 17.2 Å². The molecule has 1 atom stereocenters. The maximum Gasteiger partial charge on any atom is 0.422 e. The Hall–Kier alpha value is -3.75. The van der Waals surface area contributed by atoms with Crippen LogP contribution in [0.2, 0.25) is 0 Å². The average Bonchev–Trinajstić information content (AvgIpc) is 2.98. The molecule has 0 spiro atoms. The van der Waals surface area contributed by atoms with E-state index in [1.165, 1.54) is 43.5 Å². The predicted octanol–water partition coefficient (Wildman–Crippen LogP) is 7.08. The van der Waals surface area contributed by atoms with E-state index in [9.17, 15) is 35.5 Å². The molecule has 7 nitrogen and oxygen atoms in total. The van der Waals surface area contributed by atoms with Crippen LogP contribution in [0.1, 0.15) is 60.8 Å². The highest BCUT2D eigenvalue weighted by Gasteiger charge is 2.41. The first-order valence-electron chi connectivity index (χ1n) is 13.5. The predicted molar refractivity (Wildman–Crippen MR) is 159 cm³/mol. The minimum Gasteiger partial charge on any atom is -0.493 e. The molecule has 0 amide bonds. The highest BCUT2D eigenvalue weighted by atomic mass is 19.4. The number of nitrogens with zero attached hydrogens (tertiary/aromatic N) is 1. The third kappa shape index (κ3) is 13.4.